The molecule has 0 spiro atoms. The Hall–Kier alpha value is -1.36. The molecule has 1 aliphatic rings. The molecular formula is C13H21N3O2. The van der Waals surface area contributed by atoms with Gasteiger partial charge in [0.2, 0.25) is 5.88 Å². The van der Waals surface area contributed by atoms with Gasteiger partial charge in [0.1, 0.15) is 0 Å². The molecule has 18 heavy (non-hydrogen) atoms. The zero-order valence-electron chi connectivity index (χ0n) is 10.9. The second kappa shape index (κ2) is 7.16. The second-order valence-electron chi connectivity index (χ2n) is 4.39. The van der Waals surface area contributed by atoms with Crippen molar-refractivity contribution < 1.29 is 9.47 Å². The van der Waals surface area contributed by atoms with E-state index in [0.717, 1.165) is 13.0 Å². The van der Waals surface area contributed by atoms with Crippen LogP contribution in [-0.2, 0) is 0 Å². The Kier molecular flexibility index (Phi) is 5.20. The molecule has 2 heterocycles. The molecule has 1 unspecified atom stereocenters. The van der Waals surface area contributed by atoms with E-state index < -0.39 is 0 Å². The van der Waals surface area contributed by atoms with Crippen molar-refractivity contribution in [3.8, 4) is 11.9 Å². The minimum absolute atomic E-state index is 0.400. The maximum absolute atomic E-state index is 5.55. The fraction of sp³-hybridized carbons (Fsp3) is 0.692. The lowest BCUT2D eigenvalue weighted by atomic mass is 10.0. The molecule has 1 aromatic heterocycles. The van der Waals surface area contributed by atoms with E-state index >= 15 is 0 Å². The lowest BCUT2D eigenvalue weighted by Gasteiger charge is -2.23. The first-order valence-electron chi connectivity index (χ1n) is 6.70. The van der Waals surface area contributed by atoms with E-state index in [9.17, 15) is 0 Å². The molecule has 0 bridgehead atoms. The molecule has 0 saturated carbocycles. The van der Waals surface area contributed by atoms with E-state index in [2.05, 4.69) is 15.3 Å². The minimum Gasteiger partial charge on any atom is -0.478 e. The topological polar surface area (TPSA) is 56.3 Å². The van der Waals surface area contributed by atoms with Crippen LogP contribution in [0.3, 0.4) is 0 Å². The average molecular weight is 251 g/mol. The van der Waals surface area contributed by atoms with Crippen LogP contribution in [0.15, 0.2) is 12.3 Å². The normalized spacial score (nSPS) is 19.5. The van der Waals surface area contributed by atoms with Gasteiger partial charge in [-0.2, -0.15) is 4.98 Å². The summed E-state index contributed by atoms with van der Waals surface area (Å²) in [6.45, 7) is 4.30. The summed E-state index contributed by atoms with van der Waals surface area (Å²) in [5.41, 5.74) is 0. The van der Waals surface area contributed by atoms with Gasteiger partial charge in [-0.05, 0) is 32.7 Å². The predicted octanol–water partition coefficient (Wildman–Crippen LogP) is 1.79. The molecule has 100 valence electrons. The van der Waals surface area contributed by atoms with Gasteiger partial charge >= 0.3 is 6.01 Å². The number of hydrogen-bond acceptors (Lipinski definition) is 5. The van der Waals surface area contributed by atoms with Crippen molar-refractivity contribution in [3.05, 3.63) is 12.3 Å². The Bertz CT molecular complexity index is 354. The first-order chi connectivity index (χ1) is 8.88. The summed E-state index contributed by atoms with van der Waals surface area (Å²) in [5.74, 6) is 0.568. The highest BCUT2D eigenvalue weighted by atomic mass is 16.5. The molecule has 0 aromatic carbocycles. The maximum Gasteiger partial charge on any atom is 0.319 e. The summed E-state index contributed by atoms with van der Waals surface area (Å²) in [7, 11) is 0. The van der Waals surface area contributed by atoms with Crippen LogP contribution >= 0.6 is 0 Å². The Morgan fingerprint density at radius 2 is 2.33 bits per heavy atom. The fourth-order valence-corrected chi connectivity index (χ4v) is 2.09. The third-order valence-electron chi connectivity index (χ3n) is 3.01. The summed E-state index contributed by atoms with van der Waals surface area (Å²) in [6, 6.07) is 2.71. The molecule has 1 aromatic rings. The van der Waals surface area contributed by atoms with Gasteiger partial charge in [0.15, 0.2) is 0 Å². The average Bonchev–Trinajstić information content (AvgIpc) is 2.41. The highest BCUT2D eigenvalue weighted by Crippen LogP contribution is 2.12. The predicted molar refractivity (Wildman–Crippen MR) is 69.0 cm³/mol. The lowest BCUT2D eigenvalue weighted by Crippen LogP contribution is -2.35. The molecule has 0 aliphatic carbocycles. The highest BCUT2D eigenvalue weighted by Gasteiger charge is 2.12. The number of nitrogens with one attached hydrogen (secondary N) is 1. The van der Waals surface area contributed by atoms with Gasteiger partial charge in [0.25, 0.3) is 0 Å². The third kappa shape index (κ3) is 4.14. The molecule has 5 nitrogen and oxygen atoms in total. The van der Waals surface area contributed by atoms with Crippen molar-refractivity contribution >= 4 is 0 Å². The quantitative estimate of drug-likeness (QED) is 0.835. The summed E-state index contributed by atoms with van der Waals surface area (Å²) in [5, 5.41) is 3.49. The monoisotopic (exact) mass is 251 g/mol. The zero-order chi connectivity index (χ0) is 12.6. The van der Waals surface area contributed by atoms with Gasteiger partial charge < -0.3 is 14.8 Å². The first kappa shape index (κ1) is 13.1. The molecule has 1 fully saturated rings. The van der Waals surface area contributed by atoms with E-state index in [-0.39, 0.29) is 0 Å². The first-order valence-corrected chi connectivity index (χ1v) is 6.70. The zero-order valence-corrected chi connectivity index (χ0v) is 10.9. The van der Waals surface area contributed by atoms with Crippen molar-refractivity contribution in [2.45, 2.75) is 38.6 Å². The Morgan fingerprint density at radius 1 is 1.39 bits per heavy atom. The standard InChI is InChI=1S/C13H21N3O2/c1-2-17-12-6-9-15-13(16-12)18-10-7-11-5-3-4-8-14-11/h6,9,11,14H,2-5,7-8,10H2,1H3. The molecule has 0 radical (unpaired) electrons. The van der Waals surface area contributed by atoms with E-state index in [1.54, 1.807) is 12.3 Å². The van der Waals surface area contributed by atoms with E-state index in [0.29, 0.717) is 31.1 Å². The molecule has 1 atom stereocenters. The van der Waals surface area contributed by atoms with Crippen molar-refractivity contribution in [1.29, 1.82) is 0 Å². The number of hydrogen-bond donors (Lipinski definition) is 1. The summed E-state index contributed by atoms with van der Waals surface area (Å²) in [6.07, 6.45) is 6.50. The molecular weight excluding hydrogens is 230 g/mol. The van der Waals surface area contributed by atoms with Crippen LogP contribution in [0.5, 0.6) is 11.9 Å². The van der Waals surface area contributed by atoms with Crippen LogP contribution in [0.1, 0.15) is 32.6 Å². The Labute approximate surface area is 108 Å². The minimum atomic E-state index is 0.400. The highest BCUT2D eigenvalue weighted by molar-refractivity contribution is 5.10. The van der Waals surface area contributed by atoms with Gasteiger partial charge in [-0.1, -0.05) is 6.42 Å². The van der Waals surface area contributed by atoms with Crippen LogP contribution in [-0.4, -0.2) is 35.8 Å². The fourth-order valence-electron chi connectivity index (χ4n) is 2.09. The molecule has 2 rings (SSSR count). The summed E-state index contributed by atoms with van der Waals surface area (Å²) < 4.78 is 10.9. The molecule has 1 aliphatic heterocycles. The largest absolute Gasteiger partial charge is 0.478 e. The summed E-state index contributed by atoms with van der Waals surface area (Å²) >= 11 is 0. The van der Waals surface area contributed by atoms with Crippen LogP contribution in [0, 0.1) is 0 Å². The number of rotatable bonds is 6. The van der Waals surface area contributed by atoms with Crippen molar-refractivity contribution in [1.82, 2.24) is 15.3 Å². The van der Waals surface area contributed by atoms with Gasteiger partial charge in [0.05, 0.1) is 13.2 Å². The summed E-state index contributed by atoms with van der Waals surface area (Å²) in [4.78, 5) is 8.24. The van der Waals surface area contributed by atoms with Crippen LogP contribution in [0.2, 0.25) is 0 Å². The molecule has 0 amide bonds. The van der Waals surface area contributed by atoms with Gasteiger partial charge in [0, 0.05) is 18.3 Å². The van der Waals surface area contributed by atoms with Gasteiger partial charge in [-0.25, -0.2) is 4.98 Å². The molecule has 1 saturated heterocycles. The smallest absolute Gasteiger partial charge is 0.319 e. The van der Waals surface area contributed by atoms with Crippen molar-refractivity contribution in [2.75, 3.05) is 19.8 Å². The number of nitrogens with zero attached hydrogens (tertiary/aromatic N) is 2. The molecule has 1 N–H and O–H groups in total. The van der Waals surface area contributed by atoms with E-state index in [4.69, 9.17) is 9.47 Å². The second-order valence-corrected chi connectivity index (χ2v) is 4.39. The van der Waals surface area contributed by atoms with Gasteiger partial charge in [-0.3, -0.25) is 0 Å². The number of piperidine rings is 1. The van der Waals surface area contributed by atoms with Gasteiger partial charge in [-0.15, -0.1) is 0 Å². The van der Waals surface area contributed by atoms with Crippen molar-refractivity contribution in [3.63, 3.8) is 0 Å². The van der Waals surface area contributed by atoms with E-state index in [1.807, 2.05) is 6.92 Å². The SMILES string of the molecule is CCOc1ccnc(OCCC2CCCCN2)n1. The van der Waals surface area contributed by atoms with E-state index in [1.165, 1.54) is 19.3 Å². The Morgan fingerprint density at radius 3 is 3.11 bits per heavy atom. The lowest BCUT2D eigenvalue weighted by molar-refractivity contribution is 0.245. The van der Waals surface area contributed by atoms with Crippen LogP contribution in [0.4, 0.5) is 0 Å². The number of aromatic nitrogens is 2. The Balaban J connectivity index is 1.73. The van der Waals surface area contributed by atoms with Crippen LogP contribution in [0.25, 0.3) is 0 Å². The van der Waals surface area contributed by atoms with Crippen molar-refractivity contribution in [2.24, 2.45) is 0 Å². The van der Waals surface area contributed by atoms with Crippen LogP contribution < -0.4 is 14.8 Å². The third-order valence-corrected chi connectivity index (χ3v) is 3.01. The number of ether oxygens (including phenoxy) is 2. The molecule has 5 heteroatoms. The maximum atomic E-state index is 5.55.